The van der Waals surface area contributed by atoms with Crippen molar-refractivity contribution in [2.45, 2.75) is 43.6 Å². The first-order valence-electron chi connectivity index (χ1n) is 9.20. The molecule has 0 aliphatic heterocycles. The first-order valence-corrected chi connectivity index (χ1v) is 12.0. The van der Waals surface area contributed by atoms with E-state index in [1.54, 1.807) is 6.92 Å². The van der Waals surface area contributed by atoms with E-state index < -0.39 is 26.9 Å². The Kier molecular flexibility index (Phi) is 8.33. The molecule has 0 spiro atoms. The molecular formula is C18H25F2N5O3S2. The lowest BCUT2D eigenvalue weighted by molar-refractivity contribution is 0.259. The number of aromatic nitrogens is 3. The van der Waals surface area contributed by atoms with Crippen LogP contribution in [0.3, 0.4) is 0 Å². The average Bonchev–Trinajstić information content (AvgIpc) is 2.58. The minimum atomic E-state index is -3.67. The average molecular weight is 462 g/mol. The molecule has 1 aromatic carbocycles. The lowest BCUT2D eigenvalue weighted by atomic mass is 10.0. The van der Waals surface area contributed by atoms with Gasteiger partial charge in [0.2, 0.25) is 21.9 Å². The Bertz CT molecular complexity index is 956. The van der Waals surface area contributed by atoms with Crippen molar-refractivity contribution in [3.63, 3.8) is 0 Å². The Balaban J connectivity index is 2.36. The smallest absolute Gasteiger partial charge is 0.242 e. The first kappa shape index (κ1) is 24.2. The second-order valence-electron chi connectivity index (χ2n) is 7.19. The van der Waals surface area contributed by atoms with Gasteiger partial charge in [0.15, 0.2) is 5.16 Å². The third kappa shape index (κ3) is 7.33. The van der Waals surface area contributed by atoms with Crippen LogP contribution in [0, 0.1) is 17.6 Å². The fourth-order valence-electron chi connectivity index (χ4n) is 2.73. The van der Waals surface area contributed by atoms with Crippen LogP contribution < -0.4 is 10.0 Å². The van der Waals surface area contributed by atoms with E-state index in [0.29, 0.717) is 6.42 Å². The molecule has 12 heteroatoms. The molecule has 0 radical (unpaired) electrons. The highest BCUT2D eigenvalue weighted by molar-refractivity contribution is 7.99. The van der Waals surface area contributed by atoms with Crippen LogP contribution in [0.25, 0.3) is 0 Å². The standard InChI is InChI=1S/C18H25F2N5O3S2/c1-10(2)8-12(9-26)21-16-22-17(25-30(4,27)28)24-18(23-16)29-11(3)15-13(19)6-5-7-14(15)20/h5-7,10-12,26H,8-9H2,1-4H3,(H2,21,22,23,24,25)/t11-,12-/m1/s1. The van der Waals surface area contributed by atoms with Crippen LogP contribution in [-0.4, -0.2) is 47.4 Å². The van der Waals surface area contributed by atoms with Crippen molar-refractivity contribution in [3.05, 3.63) is 35.4 Å². The predicted molar refractivity (Wildman–Crippen MR) is 113 cm³/mol. The number of nitrogens with zero attached hydrogens (tertiary/aromatic N) is 3. The van der Waals surface area contributed by atoms with Gasteiger partial charge in [-0.05, 0) is 31.4 Å². The number of aliphatic hydroxyl groups excluding tert-OH is 1. The molecule has 0 aliphatic carbocycles. The first-order chi connectivity index (χ1) is 14.0. The van der Waals surface area contributed by atoms with Crippen LogP contribution in [0.2, 0.25) is 0 Å². The van der Waals surface area contributed by atoms with Gasteiger partial charge in [-0.15, -0.1) is 0 Å². The molecule has 2 aromatic rings. The number of benzene rings is 1. The number of hydrogen-bond acceptors (Lipinski definition) is 8. The summed E-state index contributed by atoms with van der Waals surface area (Å²) in [5.74, 6) is -1.31. The number of aliphatic hydroxyl groups is 1. The normalized spacial score (nSPS) is 13.9. The summed E-state index contributed by atoms with van der Waals surface area (Å²) in [6.45, 7) is 5.38. The fraction of sp³-hybridized carbons (Fsp3) is 0.500. The second-order valence-corrected chi connectivity index (χ2v) is 10.2. The van der Waals surface area contributed by atoms with Gasteiger partial charge >= 0.3 is 0 Å². The van der Waals surface area contributed by atoms with Gasteiger partial charge in [-0.2, -0.15) is 15.0 Å². The fourth-order valence-corrected chi connectivity index (χ4v) is 4.09. The molecule has 0 unspecified atom stereocenters. The summed E-state index contributed by atoms with van der Waals surface area (Å²) < 4.78 is 53.6. The lowest BCUT2D eigenvalue weighted by Crippen LogP contribution is -2.27. The molecular weight excluding hydrogens is 436 g/mol. The molecule has 166 valence electrons. The van der Waals surface area contributed by atoms with Gasteiger partial charge in [0.25, 0.3) is 0 Å². The molecule has 30 heavy (non-hydrogen) atoms. The Morgan fingerprint density at radius 3 is 2.23 bits per heavy atom. The molecule has 2 atom stereocenters. The molecule has 0 fully saturated rings. The van der Waals surface area contributed by atoms with Gasteiger partial charge in [-0.3, -0.25) is 4.72 Å². The van der Waals surface area contributed by atoms with Gasteiger partial charge in [-0.25, -0.2) is 17.2 Å². The highest BCUT2D eigenvalue weighted by Crippen LogP contribution is 2.36. The monoisotopic (exact) mass is 461 g/mol. The maximum atomic E-state index is 14.1. The summed E-state index contributed by atoms with van der Waals surface area (Å²) >= 11 is 0.948. The van der Waals surface area contributed by atoms with Crippen molar-refractivity contribution in [2.75, 3.05) is 22.9 Å². The van der Waals surface area contributed by atoms with E-state index in [1.807, 2.05) is 13.8 Å². The van der Waals surface area contributed by atoms with E-state index in [2.05, 4.69) is 25.0 Å². The molecule has 1 aromatic heterocycles. The van der Waals surface area contributed by atoms with Crippen molar-refractivity contribution < 1.29 is 22.3 Å². The van der Waals surface area contributed by atoms with Crippen LogP contribution in [0.5, 0.6) is 0 Å². The quantitative estimate of drug-likeness (QED) is 0.462. The van der Waals surface area contributed by atoms with Crippen molar-refractivity contribution in [2.24, 2.45) is 5.92 Å². The molecule has 0 saturated carbocycles. The van der Waals surface area contributed by atoms with Crippen LogP contribution in [0.4, 0.5) is 20.7 Å². The van der Waals surface area contributed by atoms with Crippen molar-refractivity contribution in [1.82, 2.24) is 15.0 Å². The summed E-state index contributed by atoms with van der Waals surface area (Å²) in [5.41, 5.74) is -0.136. The van der Waals surface area contributed by atoms with Crippen molar-refractivity contribution in [1.29, 1.82) is 0 Å². The summed E-state index contributed by atoms with van der Waals surface area (Å²) in [5, 5.41) is 11.9. The number of rotatable bonds is 10. The van der Waals surface area contributed by atoms with E-state index in [4.69, 9.17) is 0 Å². The predicted octanol–water partition coefficient (Wildman–Crippen LogP) is 3.19. The van der Waals surface area contributed by atoms with Gasteiger partial charge in [0.1, 0.15) is 11.6 Å². The number of thioether (sulfide) groups is 1. The number of halogens is 2. The molecule has 0 amide bonds. The third-order valence-electron chi connectivity index (χ3n) is 3.89. The number of sulfonamides is 1. The minimum absolute atomic E-state index is 0.0413. The summed E-state index contributed by atoms with van der Waals surface area (Å²) in [7, 11) is -3.67. The zero-order chi connectivity index (χ0) is 22.5. The summed E-state index contributed by atoms with van der Waals surface area (Å²) in [4.78, 5) is 12.3. The highest BCUT2D eigenvalue weighted by atomic mass is 32.2. The summed E-state index contributed by atoms with van der Waals surface area (Å²) in [6, 6.07) is 3.22. The second kappa shape index (κ2) is 10.3. The molecule has 0 saturated heterocycles. The van der Waals surface area contributed by atoms with Gasteiger partial charge in [0, 0.05) is 10.8 Å². The van der Waals surface area contributed by atoms with Gasteiger partial charge < -0.3 is 10.4 Å². The minimum Gasteiger partial charge on any atom is -0.394 e. The Labute approximate surface area is 179 Å². The molecule has 1 heterocycles. The number of anilines is 2. The molecule has 3 N–H and O–H groups in total. The Hall–Kier alpha value is -2.05. The Morgan fingerprint density at radius 1 is 1.10 bits per heavy atom. The Morgan fingerprint density at radius 2 is 1.70 bits per heavy atom. The largest absolute Gasteiger partial charge is 0.394 e. The molecule has 8 nitrogen and oxygen atoms in total. The molecule has 0 bridgehead atoms. The van der Waals surface area contributed by atoms with E-state index in [0.717, 1.165) is 30.2 Å². The van der Waals surface area contributed by atoms with Crippen LogP contribution >= 0.6 is 11.8 Å². The van der Waals surface area contributed by atoms with E-state index in [1.165, 1.54) is 6.07 Å². The zero-order valence-electron chi connectivity index (χ0n) is 17.1. The van der Waals surface area contributed by atoms with Crippen molar-refractivity contribution in [3.8, 4) is 0 Å². The molecule has 2 rings (SSSR count). The van der Waals surface area contributed by atoms with E-state index >= 15 is 0 Å². The maximum absolute atomic E-state index is 14.1. The zero-order valence-corrected chi connectivity index (χ0v) is 18.7. The summed E-state index contributed by atoms with van der Waals surface area (Å²) in [6.07, 6.45) is 1.57. The van der Waals surface area contributed by atoms with Crippen LogP contribution in [0.15, 0.2) is 23.4 Å². The third-order valence-corrected chi connectivity index (χ3v) is 5.43. The SMILES string of the molecule is CC(C)C[C@H](CO)Nc1nc(NS(C)(=O)=O)nc(S[C@H](C)c2c(F)cccc2F)n1. The lowest BCUT2D eigenvalue weighted by Gasteiger charge is -2.19. The van der Waals surface area contributed by atoms with E-state index in [9.17, 15) is 22.3 Å². The van der Waals surface area contributed by atoms with Crippen molar-refractivity contribution >= 4 is 33.7 Å². The highest BCUT2D eigenvalue weighted by Gasteiger charge is 2.21. The van der Waals surface area contributed by atoms with Crippen LogP contribution in [-0.2, 0) is 10.0 Å². The molecule has 0 aliphatic rings. The van der Waals surface area contributed by atoms with Gasteiger partial charge in [-0.1, -0.05) is 31.7 Å². The van der Waals surface area contributed by atoms with Crippen LogP contribution in [0.1, 0.15) is 38.0 Å². The van der Waals surface area contributed by atoms with Gasteiger partial charge in [0.05, 0.1) is 18.9 Å². The topological polar surface area (TPSA) is 117 Å². The number of nitrogens with one attached hydrogen (secondary N) is 2. The maximum Gasteiger partial charge on any atom is 0.242 e. The van der Waals surface area contributed by atoms with E-state index in [-0.39, 0.29) is 41.2 Å². The number of hydrogen-bond donors (Lipinski definition) is 3.